The van der Waals surface area contributed by atoms with Gasteiger partial charge in [-0.1, -0.05) is 34.1 Å². The van der Waals surface area contributed by atoms with Gasteiger partial charge in [0.15, 0.2) is 0 Å². The lowest BCUT2D eigenvalue weighted by Crippen LogP contribution is -2.42. The standard InChI is InChI=1S/C10H24N2/c1-5-9-10-12(8-4)11(6-2)7-3/h5-10H2,1-4H3. The molecule has 0 amide bonds. The van der Waals surface area contributed by atoms with Crippen LogP contribution in [0.3, 0.4) is 0 Å². The molecule has 0 N–H and O–H groups in total. The summed E-state index contributed by atoms with van der Waals surface area (Å²) in [6, 6.07) is 0. The van der Waals surface area contributed by atoms with Crippen LogP contribution in [0.4, 0.5) is 0 Å². The molecule has 74 valence electrons. The van der Waals surface area contributed by atoms with E-state index in [1.807, 2.05) is 0 Å². The number of nitrogens with zero attached hydrogens (tertiary/aromatic N) is 2. The molecular formula is C10H24N2. The number of rotatable bonds is 7. The summed E-state index contributed by atoms with van der Waals surface area (Å²) in [6.07, 6.45) is 2.60. The second kappa shape index (κ2) is 7.56. The van der Waals surface area contributed by atoms with Crippen LogP contribution in [0.15, 0.2) is 0 Å². The Bertz CT molecular complexity index is 89.8. The summed E-state index contributed by atoms with van der Waals surface area (Å²) in [7, 11) is 0. The smallest absolute Gasteiger partial charge is 0.0133 e. The molecule has 0 aromatic carbocycles. The van der Waals surface area contributed by atoms with Gasteiger partial charge in [0.1, 0.15) is 0 Å². The Morgan fingerprint density at radius 2 is 1.25 bits per heavy atom. The zero-order valence-corrected chi connectivity index (χ0v) is 9.14. The summed E-state index contributed by atoms with van der Waals surface area (Å²) in [6.45, 7) is 13.5. The first-order valence-corrected chi connectivity index (χ1v) is 5.29. The Kier molecular flexibility index (Phi) is 7.51. The monoisotopic (exact) mass is 172 g/mol. The summed E-state index contributed by atoms with van der Waals surface area (Å²) in [4.78, 5) is 0. The van der Waals surface area contributed by atoms with Crippen LogP contribution in [0.5, 0.6) is 0 Å². The first-order valence-electron chi connectivity index (χ1n) is 5.29. The van der Waals surface area contributed by atoms with Gasteiger partial charge in [0.25, 0.3) is 0 Å². The molecule has 0 bridgehead atoms. The first kappa shape index (κ1) is 11.9. The van der Waals surface area contributed by atoms with Crippen molar-refractivity contribution >= 4 is 0 Å². The Morgan fingerprint density at radius 1 is 0.750 bits per heavy atom. The van der Waals surface area contributed by atoms with Crippen molar-refractivity contribution < 1.29 is 0 Å². The Morgan fingerprint density at radius 3 is 1.58 bits per heavy atom. The van der Waals surface area contributed by atoms with E-state index >= 15 is 0 Å². The lowest BCUT2D eigenvalue weighted by Gasteiger charge is -2.32. The molecule has 0 radical (unpaired) electrons. The van der Waals surface area contributed by atoms with Crippen LogP contribution in [0.1, 0.15) is 40.5 Å². The molecule has 0 unspecified atom stereocenters. The van der Waals surface area contributed by atoms with Gasteiger partial charge in [-0.25, -0.2) is 10.0 Å². The number of hydrazine groups is 1. The Balaban J connectivity index is 3.75. The maximum absolute atomic E-state index is 2.45. The highest BCUT2D eigenvalue weighted by Gasteiger charge is 2.07. The van der Waals surface area contributed by atoms with E-state index in [1.165, 1.54) is 19.4 Å². The van der Waals surface area contributed by atoms with Crippen molar-refractivity contribution in [2.24, 2.45) is 0 Å². The third-order valence-electron chi connectivity index (χ3n) is 2.26. The highest BCUT2D eigenvalue weighted by molar-refractivity contribution is 4.52. The van der Waals surface area contributed by atoms with Crippen molar-refractivity contribution in [1.82, 2.24) is 10.0 Å². The normalized spacial score (nSPS) is 11.5. The maximum atomic E-state index is 2.45. The van der Waals surface area contributed by atoms with Crippen LogP contribution < -0.4 is 0 Å². The molecule has 0 spiro atoms. The van der Waals surface area contributed by atoms with Crippen molar-refractivity contribution in [3.8, 4) is 0 Å². The fourth-order valence-electron chi connectivity index (χ4n) is 1.46. The zero-order valence-electron chi connectivity index (χ0n) is 9.14. The lowest BCUT2D eigenvalue weighted by molar-refractivity contribution is -0.0125. The molecule has 0 rings (SSSR count). The minimum atomic E-state index is 1.13. The predicted octanol–water partition coefficient (Wildman–Crippen LogP) is 2.37. The molecule has 0 aromatic rings. The van der Waals surface area contributed by atoms with Gasteiger partial charge < -0.3 is 0 Å². The lowest BCUT2D eigenvalue weighted by atomic mass is 10.3. The van der Waals surface area contributed by atoms with Crippen LogP contribution in [-0.2, 0) is 0 Å². The third-order valence-corrected chi connectivity index (χ3v) is 2.26. The summed E-state index contributed by atoms with van der Waals surface area (Å²) < 4.78 is 0. The number of hydrogen-bond donors (Lipinski definition) is 0. The Labute approximate surface area is 77.5 Å². The summed E-state index contributed by atoms with van der Waals surface area (Å²) in [5.41, 5.74) is 0. The van der Waals surface area contributed by atoms with Gasteiger partial charge in [-0.15, -0.1) is 0 Å². The summed E-state index contributed by atoms with van der Waals surface area (Å²) >= 11 is 0. The highest BCUT2D eigenvalue weighted by atomic mass is 15.6. The van der Waals surface area contributed by atoms with E-state index in [0.29, 0.717) is 0 Å². The van der Waals surface area contributed by atoms with E-state index in [2.05, 4.69) is 37.7 Å². The molecule has 0 aliphatic heterocycles. The van der Waals surface area contributed by atoms with Crippen molar-refractivity contribution in [3.05, 3.63) is 0 Å². The second-order valence-corrected chi connectivity index (χ2v) is 3.04. The molecule has 2 heteroatoms. The van der Waals surface area contributed by atoms with Gasteiger partial charge in [-0.3, -0.25) is 0 Å². The molecule has 0 atom stereocenters. The topological polar surface area (TPSA) is 6.48 Å². The number of unbranched alkanes of at least 4 members (excludes halogenated alkanes) is 1. The minimum Gasteiger partial charge on any atom is -0.242 e. The van der Waals surface area contributed by atoms with E-state index in [-0.39, 0.29) is 0 Å². The van der Waals surface area contributed by atoms with E-state index < -0.39 is 0 Å². The number of hydrogen-bond acceptors (Lipinski definition) is 2. The second-order valence-electron chi connectivity index (χ2n) is 3.04. The van der Waals surface area contributed by atoms with E-state index in [1.54, 1.807) is 0 Å². The van der Waals surface area contributed by atoms with Crippen LogP contribution in [-0.4, -0.2) is 36.2 Å². The van der Waals surface area contributed by atoms with Crippen LogP contribution in [0.25, 0.3) is 0 Å². The summed E-state index contributed by atoms with van der Waals surface area (Å²) in [5.74, 6) is 0. The van der Waals surface area contributed by atoms with E-state index in [4.69, 9.17) is 0 Å². The van der Waals surface area contributed by atoms with Gasteiger partial charge >= 0.3 is 0 Å². The maximum Gasteiger partial charge on any atom is 0.0133 e. The van der Waals surface area contributed by atoms with Gasteiger partial charge in [0, 0.05) is 26.2 Å². The largest absolute Gasteiger partial charge is 0.242 e. The molecule has 12 heavy (non-hydrogen) atoms. The molecule has 0 aliphatic rings. The average molecular weight is 172 g/mol. The Hall–Kier alpha value is -0.0800. The third kappa shape index (κ3) is 4.07. The molecule has 0 saturated heterocycles. The van der Waals surface area contributed by atoms with Crippen LogP contribution >= 0.6 is 0 Å². The molecule has 0 fully saturated rings. The SMILES string of the molecule is CCCCN(CC)N(CC)CC. The van der Waals surface area contributed by atoms with E-state index in [9.17, 15) is 0 Å². The average Bonchev–Trinajstić information content (AvgIpc) is 2.12. The molecule has 0 aromatic heterocycles. The van der Waals surface area contributed by atoms with Crippen molar-refractivity contribution in [2.45, 2.75) is 40.5 Å². The fraction of sp³-hybridized carbons (Fsp3) is 1.00. The van der Waals surface area contributed by atoms with Gasteiger partial charge in [-0.05, 0) is 6.42 Å². The molecule has 0 heterocycles. The van der Waals surface area contributed by atoms with Crippen molar-refractivity contribution in [1.29, 1.82) is 0 Å². The first-order chi connectivity index (χ1) is 5.79. The van der Waals surface area contributed by atoms with Gasteiger partial charge in [0.05, 0.1) is 0 Å². The molecule has 2 nitrogen and oxygen atoms in total. The predicted molar refractivity (Wildman–Crippen MR) is 55.1 cm³/mol. The minimum absolute atomic E-state index is 1.13. The van der Waals surface area contributed by atoms with E-state index in [0.717, 1.165) is 19.6 Å². The summed E-state index contributed by atoms with van der Waals surface area (Å²) in [5, 5.41) is 4.86. The van der Waals surface area contributed by atoms with Crippen LogP contribution in [0.2, 0.25) is 0 Å². The van der Waals surface area contributed by atoms with Crippen LogP contribution in [0, 0.1) is 0 Å². The highest BCUT2D eigenvalue weighted by Crippen LogP contribution is 2.00. The fourth-order valence-corrected chi connectivity index (χ4v) is 1.46. The molecular weight excluding hydrogens is 148 g/mol. The van der Waals surface area contributed by atoms with Crippen molar-refractivity contribution in [3.63, 3.8) is 0 Å². The molecule has 0 aliphatic carbocycles. The zero-order chi connectivity index (χ0) is 9.40. The van der Waals surface area contributed by atoms with Gasteiger partial charge in [-0.2, -0.15) is 0 Å². The quantitative estimate of drug-likeness (QED) is 0.544. The molecule has 0 saturated carbocycles. The van der Waals surface area contributed by atoms with Crippen molar-refractivity contribution in [2.75, 3.05) is 26.2 Å². The van der Waals surface area contributed by atoms with Gasteiger partial charge in [0.2, 0.25) is 0 Å².